The Labute approximate surface area is 218 Å². The number of benzene rings is 1. The average Bonchev–Trinajstić information content (AvgIpc) is 3.51. The number of hydrogen-bond donors (Lipinski definition) is 1. The highest BCUT2D eigenvalue weighted by Crippen LogP contribution is 2.35. The third-order valence-corrected chi connectivity index (χ3v) is 7.26. The first-order valence-corrected chi connectivity index (χ1v) is 12.9. The summed E-state index contributed by atoms with van der Waals surface area (Å²) in [4.78, 5) is 21.2. The number of carbonyl (C=O) groups is 1. The van der Waals surface area contributed by atoms with E-state index in [1.807, 2.05) is 29.8 Å². The number of nitrogens with zero attached hydrogens (tertiary/aromatic N) is 4. The number of morpholine rings is 1. The van der Waals surface area contributed by atoms with Gasteiger partial charge >= 0.3 is 12.2 Å². The Morgan fingerprint density at radius 2 is 1.92 bits per heavy atom. The summed E-state index contributed by atoms with van der Waals surface area (Å²) in [5.41, 5.74) is 4.99. The first-order chi connectivity index (χ1) is 18.1. The quantitative estimate of drug-likeness (QED) is 0.431. The molecule has 2 aliphatic heterocycles. The van der Waals surface area contributed by atoms with E-state index in [-0.39, 0.29) is 25.2 Å². The van der Waals surface area contributed by atoms with Crippen LogP contribution < -0.4 is 10.2 Å². The van der Waals surface area contributed by atoms with E-state index in [1.165, 1.54) is 11.0 Å². The number of aryl methyl sites for hydroxylation is 2. The Kier molecular flexibility index (Phi) is 7.21. The van der Waals surface area contributed by atoms with Crippen molar-refractivity contribution >= 4 is 23.1 Å². The van der Waals surface area contributed by atoms with Crippen molar-refractivity contribution in [2.75, 3.05) is 49.6 Å². The van der Waals surface area contributed by atoms with Crippen molar-refractivity contribution in [3.8, 4) is 11.1 Å². The van der Waals surface area contributed by atoms with Crippen molar-refractivity contribution < 1.29 is 27.1 Å². The minimum Gasteiger partial charge on any atom is -0.378 e. The van der Waals surface area contributed by atoms with Gasteiger partial charge < -0.3 is 24.3 Å². The summed E-state index contributed by atoms with van der Waals surface area (Å²) >= 11 is 0. The second-order valence-electron chi connectivity index (χ2n) is 10.0. The lowest BCUT2D eigenvalue weighted by atomic mass is 10.00. The second kappa shape index (κ2) is 10.4. The molecule has 5 rings (SSSR count). The maximum Gasteiger partial charge on any atom is 0.389 e. The van der Waals surface area contributed by atoms with Crippen LogP contribution in [0.1, 0.15) is 31.0 Å². The summed E-state index contributed by atoms with van der Waals surface area (Å²) in [6.07, 6.45) is -0.227. The Balaban J connectivity index is 1.45. The standard InChI is InChI=1S/C27H31F4N5O2/c1-3-20-16-36-15-19(11-24(25(36)32-20)34-6-8-38-9-7-34)21-12-23(22(28)10-17(21)2)33-26(37)35-5-4-18(14-35)13-27(29,30)31/h10-12,15-16,18H,3-9,13-14H2,1-2H3,(H,33,37). The lowest BCUT2D eigenvalue weighted by molar-refractivity contribution is -0.143. The summed E-state index contributed by atoms with van der Waals surface area (Å²) in [6, 6.07) is 4.38. The predicted octanol–water partition coefficient (Wildman–Crippen LogP) is 5.65. The number of fused-ring (bicyclic) bond motifs is 1. The molecule has 204 valence electrons. The molecule has 11 heteroatoms. The molecule has 1 atom stereocenters. The number of carbonyl (C=O) groups excluding carboxylic acids is 1. The van der Waals surface area contributed by atoms with Crippen LogP contribution in [-0.2, 0) is 11.2 Å². The molecule has 2 fully saturated rings. The van der Waals surface area contributed by atoms with Gasteiger partial charge in [0.2, 0.25) is 0 Å². The first kappa shape index (κ1) is 26.3. The highest BCUT2D eigenvalue weighted by molar-refractivity contribution is 5.91. The second-order valence-corrected chi connectivity index (χ2v) is 10.0. The van der Waals surface area contributed by atoms with Crippen LogP contribution in [0.25, 0.3) is 16.8 Å². The zero-order valence-electron chi connectivity index (χ0n) is 21.4. The fourth-order valence-corrected chi connectivity index (χ4v) is 5.27. The molecule has 2 aromatic heterocycles. The summed E-state index contributed by atoms with van der Waals surface area (Å²) in [7, 11) is 0. The lowest BCUT2D eigenvalue weighted by Gasteiger charge is -2.29. The Hall–Kier alpha value is -3.34. The number of nitrogens with one attached hydrogen (secondary N) is 1. The zero-order chi connectivity index (χ0) is 27.0. The molecule has 3 aromatic rings. The molecule has 1 aromatic carbocycles. The predicted molar refractivity (Wildman–Crippen MR) is 137 cm³/mol. The number of aromatic nitrogens is 2. The van der Waals surface area contributed by atoms with E-state index in [4.69, 9.17) is 9.72 Å². The van der Waals surface area contributed by atoms with Crippen LogP contribution in [0.2, 0.25) is 0 Å². The van der Waals surface area contributed by atoms with E-state index in [2.05, 4.69) is 10.2 Å². The SMILES string of the molecule is CCc1cn2cc(-c3cc(NC(=O)N4CCC(CC(F)(F)F)C4)c(F)cc3C)cc(N3CCOCC3)c2n1. The molecule has 2 aliphatic rings. The third kappa shape index (κ3) is 5.57. The molecule has 0 radical (unpaired) electrons. The number of amides is 2. The number of rotatable bonds is 5. The van der Waals surface area contributed by atoms with Crippen LogP contribution in [-0.4, -0.2) is 65.9 Å². The summed E-state index contributed by atoms with van der Waals surface area (Å²) in [5, 5.41) is 2.59. The van der Waals surface area contributed by atoms with Crippen molar-refractivity contribution in [1.29, 1.82) is 0 Å². The number of ether oxygens (including phenoxy) is 1. The third-order valence-electron chi connectivity index (χ3n) is 7.26. The van der Waals surface area contributed by atoms with E-state index in [0.717, 1.165) is 47.7 Å². The van der Waals surface area contributed by atoms with Gasteiger partial charge in [-0.1, -0.05) is 6.92 Å². The highest BCUT2D eigenvalue weighted by atomic mass is 19.4. The highest BCUT2D eigenvalue weighted by Gasteiger charge is 2.36. The summed E-state index contributed by atoms with van der Waals surface area (Å²) in [6.45, 7) is 6.72. The fraction of sp³-hybridized carbons (Fsp3) is 0.481. The Morgan fingerprint density at radius 1 is 1.16 bits per heavy atom. The molecule has 0 bridgehead atoms. The molecule has 1 N–H and O–H groups in total. The van der Waals surface area contributed by atoms with E-state index < -0.39 is 30.4 Å². The number of urea groups is 1. The average molecular weight is 534 g/mol. The Morgan fingerprint density at radius 3 is 2.63 bits per heavy atom. The smallest absolute Gasteiger partial charge is 0.378 e. The van der Waals surface area contributed by atoms with Gasteiger partial charge in [-0.25, -0.2) is 14.2 Å². The lowest BCUT2D eigenvalue weighted by Crippen LogP contribution is -2.36. The van der Waals surface area contributed by atoms with Crippen LogP contribution >= 0.6 is 0 Å². The van der Waals surface area contributed by atoms with Crippen LogP contribution in [0.5, 0.6) is 0 Å². The van der Waals surface area contributed by atoms with Gasteiger partial charge in [0.25, 0.3) is 0 Å². The van der Waals surface area contributed by atoms with Crippen molar-refractivity contribution in [1.82, 2.24) is 14.3 Å². The van der Waals surface area contributed by atoms with Gasteiger partial charge in [0, 0.05) is 50.6 Å². The largest absolute Gasteiger partial charge is 0.389 e. The van der Waals surface area contributed by atoms with Crippen molar-refractivity contribution in [3.05, 3.63) is 47.7 Å². The normalized spacial score (nSPS) is 18.4. The van der Waals surface area contributed by atoms with Crippen molar-refractivity contribution in [3.63, 3.8) is 0 Å². The Bertz CT molecular complexity index is 1330. The summed E-state index contributed by atoms with van der Waals surface area (Å²) in [5.74, 6) is -1.25. The zero-order valence-corrected chi connectivity index (χ0v) is 21.4. The van der Waals surface area contributed by atoms with Crippen molar-refractivity contribution in [2.45, 2.75) is 39.3 Å². The molecular formula is C27H31F4N5O2. The molecule has 4 heterocycles. The number of likely N-dealkylation sites (tertiary alicyclic amines) is 1. The molecule has 2 saturated heterocycles. The van der Waals surface area contributed by atoms with Gasteiger partial charge in [-0.3, -0.25) is 0 Å². The molecule has 0 spiro atoms. The summed E-state index contributed by atoms with van der Waals surface area (Å²) < 4.78 is 60.7. The van der Waals surface area contributed by atoms with E-state index in [0.29, 0.717) is 18.8 Å². The van der Waals surface area contributed by atoms with Crippen molar-refractivity contribution in [2.24, 2.45) is 5.92 Å². The number of imidazole rings is 1. The molecule has 0 saturated carbocycles. The fourth-order valence-electron chi connectivity index (χ4n) is 5.27. The van der Waals surface area contributed by atoms with Crippen LogP contribution in [0, 0.1) is 18.7 Å². The van der Waals surface area contributed by atoms with E-state index >= 15 is 0 Å². The minimum atomic E-state index is -4.27. The molecule has 38 heavy (non-hydrogen) atoms. The number of alkyl halides is 3. The molecule has 0 aliphatic carbocycles. The van der Waals surface area contributed by atoms with E-state index in [1.54, 1.807) is 13.0 Å². The van der Waals surface area contributed by atoms with E-state index in [9.17, 15) is 22.4 Å². The molecule has 2 amide bonds. The topological polar surface area (TPSA) is 62.1 Å². The monoisotopic (exact) mass is 533 g/mol. The maximum absolute atomic E-state index is 14.9. The van der Waals surface area contributed by atoms with Gasteiger partial charge in [-0.15, -0.1) is 0 Å². The minimum absolute atomic E-state index is 0.00829. The van der Waals surface area contributed by atoms with Crippen LogP contribution in [0.15, 0.2) is 30.6 Å². The van der Waals surface area contributed by atoms with Gasteiger partial charge in [0.15, 0.2) is 5.65 Å². The number of halogens is 4. The number of anilines is 2. The van der Waals surface area contributed by atoms with Crippen LogP contribution in [0.3, 0.4) is 0 Å². The number of pyridine rings is 1. The first-order valence-electron chi connectivity index (χ1n) is 12.9. The van der Waals surface area contributed by atoms with Gasteiger partial charge in [-0.2, -0.15) is 13.2 Å². The maximum atomic E-state index is 14.9. The molecular weight excluding hydrogens is 502 g/mol. The van der Waals surface area contributed by atoms with Crippen LogP contribution in [0.4, 0.5) is 33.7 Å². The molecule has 7 nitrogen and oxygen atoms in total. The van der Waals surface area contributed by atoms with Gasteiger partial charge in [-0.05, 0) is 55.0 Å². The van der Waals surface area contributed by atoms with Gasteiger partial charge in [0.1, 0.15) is 5.82 Å². The number of hydrogen-bond acceptors (Lipinski definition) is 4. The molecule has 1 unspecified atom stereocenters. The van der Waals surface area contributed by atoms with Gasteiger partial charge in [0.05, 0.1) is 30.3 Å².